The largest absolute Gasteiger partial charge is 0.489 e. The third-order valence-electron chi connectivity index (χ3n) is 5.53. The van der Waals surface area contributed by atoms with E-state index in [1.165, 1.54) is 0 Å². The maximum Gasteiger partial charge on any atom is 0.326 e. The number of nitrogens with one attached hydrogen (secondary N) is 1. The molecule has 4 rings (SSSR count). The van der Waals surface area contributed by atoms with Crippen LogP contribution in [0.2, 0.25) is 5.02 Å². The summed E-state index contributed by atoms with van der Waals surface area (Å²) in [5, 5.41) is 10.9. The molecule has 7 heteroatoms. The normalized spacial score (nSPS) is 16.9. The highest BCUT2D eigenvalue weighted by atomic mass is 35.5. The number of β-amino-alcohol motifs (C(OH)–C–C–N with tert-alkyl or cyclic N) is 1. The number of hydrogen-bond donors (Lipinski definition) is 2. The minimum atomic E-state index is -0.598. The molecule has 0 saturated carbocycles. The second-order valence-electron chi connectivity index (χ2n) is 7.75. The number of piperidine rings is 1. The molecular weight excluding hydrogens is 390 g/mol. The number of ether oxygens (including phenoxy) is 1. The number of aryl methyl sites for hydroxylation is 1. The van der Waals surface area contributed by atoms with Crippen LogP contribution in [-0.2, 0) is 0 Å². The maximum atomic E-state index is 12.4. The molecule has 3 aromatic rings. The van der Waals surface area contributed by atoms with Gasteiger partial charge < -0.3 is 19.7 Å². The van der Waals surface area contributed by atoms with Gasteiger partial charge in [-0.15, -0.1) is 0 Å². The topological polar surface area (TPSA) is 70.5 Å². The van der Waals surface area contributed by atoms with E-state index in [0.29, 0.717) is 17.3 Å². The first-order valence-corrected chi connectivity index (χ1v) is 10.4. The molecule has 0 aliphatic carbocycles. The van der Waals surface area contributed by atoms with Crippen molar-refractivity contribution in [1.29, 1.82) is 0 Å². The van der Waals surface area contributed by atoms with Gasteiger partial charge in [0.2, 0.25) is 0 Å². The Morgan fingerprint density at radius 2 is 2.00 bits per heavy atom. The quantitative estimate of drug-likeness (QED) is 0.647. The highest BCUT2D eigenvalue weighted by Crippen LogP contribution is 2.26. The number of fused-ring (bicyclic) bond motifs is 1. The van der Waals surface area contributed by atoms with Gasteiger partial charge in [-0.25, -0.2) is 4.79 Å². The lowest BCUT2D eigenvalue weighted by Gasteiger charge is -2.33. The van der Waals surface area contributed by atoms with Crippen LogP contribution in [0.25, 0.3) is 11.0 Å². The number of H-pyrrole nitrogens is 1. The number of para-hydroxylation sites is 2. The molecule has 0 unspecified atom stereocenters. The number of aliphatic hydroxyl groups excluding tert-OH is 1. The standard InChI is InChI=1S/C22H26ClN3O3/c1-15-6-7-18(23)21(12-15)29-14-17(27)13-25-10-8-16(9-11-25)26-20-5-3-2-4-19(20)24-22(26)28/h2-7,12,16-17,27H,8-11,13-14H2,1H3,(H,24,28)/t17-/m0/s1. The van der Waals surface area contributed by atoms with E-state index < -0.39 is 6.10 Å². The number of likely N-dealkylation sites (tertiary alicyclic amines) is 1. The molecule has 6 nitrogen and oxygen atoms in total. The lowest BCUT2D eigenvalue weighted by Crippen LogP contribution is -2.42. The Balaban J connectivity index is 1.31. The van der Waals surface area contributed by atoms with Crippen molar-refractivity contribution >= 4 is 22.6 Å². The molecule has 29 heavy (non-hydrogen) atoms. The van der Waals surface area contributed by atoms with Crippen molar-refractivity contribution in [2.24, 2.45) is 0 Å². The molecule has 1 aromatic heterocycles. The van der Waals surface area contributed by atoms with E-state index in [2.05, 4.69) is 9.88 Å². The molecule has 0 spiro atoms. The third kappa shape index (κ3) is 4.50. The zero-order chi connectivity index (χ0) is 20.4. The van der Waals surface area contributed by atoms with Crippen molar-refractivity contribution in [1.82, 2.24) is 14.5 Å². The molecule has 1 saturated heterocycles. The number of hydrogen-bond acceptors (Lipinski definition) is 4. The number of rotatable bonds is 6. The van der Waals surface area contributed by atoms with Crippen molar-refractivity contribution in [3.8, 4) is 5.75 Å². The molecule has 2 aromatic carbocycles. The van der Waals surface area contributed by atoms with Crippen molar-refractivity contribution in [2.45, 2.75) is 31.9 Å². The highest BCUT2D eigenvalue weighted by molar-refractivity contribution is 6.32. The number of aliphatic hydroxyl groups is 1. The van der Waals surface area contributed by atoms with Crippen LogP contribution < -0.4 is 10.4 Å². The van der Waals surface area contributed by atoms with Crippen LogP contribution in [0.5, 0.6) is 5.75 Å². The second-order valence-corrected chi connectivity index (χ2v) is 8.15. The summed E-state index contributed by atoms with van der Waals surface area (Å²) < 4.78 is 7.59. The van der Waals surface area contributed by atoms with E-state index in [1.807, 2.05) is 47.9 Å². The van der Waals surface area contributed by atoms with Crippen LogP contribution in [0.15, 0.2) is 47.3 Å². The van der Waals surface area contributed by atoms with E-state index in [1.54, 1.807) is 6.07 Å². The fraction of sp³-hybridized carbons (Fsp3) is 0.409. The number of halogens is 1. The Hall–Kier alpha value is -2.28. The predicted octanol–water partition coefficient (Wildman–Crippen LogP) is 3.37. The fourth-order valence-electron chi connectivity index (χ4n) is 4.05. The van der Waals surface area contributed by atoms with E-state index in [4.69, 9.17) is 16.3 Å². The molecule has 1 aliphatic rings. The summed E-state index contributed by atoms with van der Waals surface area (Å²) in [7, 11) is 0. The molecular formula is C22H26ClN3O3. The van der Waals surface area contributed by atoms with Crippen molar-refractivity contribution in [3.05, 3.63) is 63.5 Å². The summed E-state index contributed by atoms with van der Waals surface area (Å²) in [6.45, 7) is 4.38. The first-order chi connectivity index (χ1) is 14.0. The number of aromatic nitrogens is 2. The molecule has 1 fully saturated rings. The average molecular weight is 416 g/mol. The number of imidazole rings is 1. The third-order valence-corrected chi connectivity index (χ3v) is 5.85. The zero-order valence-electron chi connectivity index (χ0n) is 16.5. The summed E-state index contributed by atoms with van der Waals surface area (Å²) in [4.78, 5) is 17.6. The minimum Gasteiger partial charge on any atom is -0.489 e. The van der Waals surface area contributed by atoms with Gasteiger partial charge in [-0.2, -0.15) is 0 Å². The summed E-state index contributed by atoms with van der Waals surface area (Å²) in [6.07, 6.45) is 1.15. The van der Waals surface area contributed by atoms with Crippen molar-refractivity contribution in [2.75, 3.05) is 26.2 Å². The Morgan fingerprint density at radius 1 is 1.24 bits per heavy atom. The molecule has 2 heterocycles. The molecule has 0 radical (unpaired) electrons. The monoisotopic (exact) mass is 415 g/mol. The van der Waals surface area contributed by atoms with Crippen LogP contribution >= 0.6 is 11.6 Å². The molecule has 2 N–H and O–H groups in total. The SMILES string of the molecule is Cc1ccc(Cl)c(OC[C@@H](O)CN2CCC(n3c(=O)[nH]c4ccccc43)CC2)c1. The van der Waals surface area contributed by atoms with E-state index in [9.17, 15) is 9.90 Å². The van der Waals surface area contributed by atoms with Crippen LogP contribution in [0.3, 0.4) is 0 Å². The van der Waals surface area contributed by atoms with Gasteiger partial charge in [-0.1, -0.05) is 29.8 Å². The zero-order valence-corrected chi connectivity index (χ0v) is 17.2. The summed E-state index contributed by atoms with van der Waals surface area (Å²) >= 11 is 6.14. The first kappa shape index (κ1) is 20.0. The lowest BCUT2D eigenvalue weighted by molar-refractivity contribution is 0.0559. The van der Waals surface area contributed by atoms with E-state index in [-0.39, 0.29) is 18.3 Å². The van der Waals surface area contributed by atoms with Gasteiger partial charge in [-0.05, 0) is 49.6 Å². The minimum absolute atomic E-state index is 0.0480. The van der Waals surface area contributed by atoms with Crippen LogP contribution in [0.4, 0.5) is 0 Å². The number of nitrogens with zero attached hydrogens (tertiary/aromatic N) is 2. The Bertz CT molecular complexity index is 1040. The van der Waals surface area contributed by atoms with Gasteiger partial charge >= 0.3 is 5.69 Å². The molecule has 1 aliphatic heterocycles. The van der Waals surface area contributed by atoms with Crippen molar-refractivity contribution in [3.63, 3.8) is 0 Å². The predicted molar refractivity (Wildman–Crippen MR) is 115 cm³/mol. The second kappa shape index (κ2) is 8.61. The summed E-state index contributed by atoms with van der Waals surface area (Å²) in [5.41, 5.74) is 2.85. The number of aromatic amines is 1. The van der Waals surface area contributed by atoms with Gasteiger partial charge in [0.1, 0.15) is 18.5 Å². The Labute approximate surface area is 174 Å². The first-order valence-electron chi connectivity index (χ1n) is 10.00. The van der Waals surface area contributed by atoms with Gasteiger partial charge in [0, 0.05) is 25.7 Å². The number of benzene rings is 2. The summed E-state index contributed by atoms with van der Waals surface area (Å²) in [5.74, 6) is 0.600. The maximum absolute atomic E-state index is 12.4. The lowest BCUT2D eigenvalue weighted by atomic mass is 10.0. The highest BCUT2D eigenvalue weighted by Gasteiger charge is 2.24. The Kier molecular flexibility index (Phi) is 5.94. The summed E-state index contributed by atoms with van der Waals surface area (Å²) in [6, 6.07) is 13.6. The molecule has 1 atom stereocenters. The fourth-order valence-corrected chi connectivity index (χ4v) is 4.23. The van der Waals surface area contributed by atoms with Crippen LogP contribution in [-0.4, -0.2) is 51.9 Å². The van der Waals surface area contributed by atoms with Crippen LogP contribution in [0.1, 0.15) is 24.4 Å². The van der Waals surface area contributed by atoms with Crippen LogP contribution in [0, 0.1) is 6.92 Å². The smallest absolute Gasteiger partial charge is 0.326 e. The molecule has 0 bridgehead atoms. The van der Waals surface area contributed by atoms with E-state index in [0.717, 1.165) is 42.5 Å². The van der Waals surface area contributed by atoms with Gasteiger partial charge in [0.15, 0.2) is 0 Å². The van der Waals surface area contributed by atoms with Gasteiger partial charge in [0.25, 0.3) is 0 Å². The van der Waals surface area contributed by atoms with Gasteiger partial charge in [0.05, 0.1) is 16.1 Å². The molecule has 154 valence electrons. The van der Waals surface area contributed by atoms with Crippen molar-refractivity contribution < 1.29 is 9.84 Å². The van der Waals surface area contributed by atoms with E-state index >= 15 is 0 Å². The van der Waals surface area contributed by atoms with Gasteiger partial charge in [-0.3, -0.25) is 4.57 Å². The molecule has 0 amide bonds. The Morgan fingerprint density at radius 3 is 2.79 bits per heavy atom. The average Bonchev–Trinajstić information content (AvgIpc) is 3.05.